The molecule has 0 bridgehead atoms. The van der Waals surface area contributed by atoms with Crippen molar-refractivity contribution >= 4 is 5.69 Å². The van der Waals surface area contributed by atoms with Crippen molar-refractivity contribution in [2.45, 2.75) is 13.0 Å². The molecular formula is C14H16N4. The molecule has 0 amide bonds. The van der Waals surface area contributed by atoms with E-state index >= 15 is 0 Å². The number of hydrogen-bond donors (Lipinski definition) is 2. The monoisotopic (exact) mass is 240 g/mol. The van der Waals surface area contributed by atoms with Gasteiger partial charge < -0.3 is 10.2 Å². The summed E-state index contributed by atoms with van der Waals surface area (Å²) < 4.78 is 0. The molecule has 0 spiro atoms. The van der Waals surface area contributed by atoms with E-state index in [0.717, 1.165) is 38.3 Å². The van der Waals surface area contributed by atoms with Gasteiger partial charge in [-0.25, -0.2) is 0 Å². The Bertz CT molecular complexity index is 574. The summed E-state index contributed by atoms with van der Waals surface area (Å²) >= 11 is 0. The molecule has 0 saturated heterocycles. The number of hydrogen-bond acceptors (Lipinski definition) is 3. The lowest BCUT2D eigenvalue weighted by Crippen LogP contribution is -2.27. The van der Waals surface area contributed by atoms with Gasteiger partial charge in [0.05, 0.1) is 5.69 Å². The van der Waals surface area contributed by atoms with Crippen molar-refractivity contribution in [3.63, 3.8) is 0 Å². The van der Waals surface area contributed by atoms with Crippen LogP contribution in [0.2, 0.25) is 0 Å². The van der Waals surface area contributed by atoms with Gasteiger partial charge in [0, 0.05) is 43.6 Å². The van der Waals surface area contributed by atoms with E-state index in [4.69, 9.17) is 0 Å². The zero-order chi connectivity index (χ0) is 11.9. The predicted octanol–water partition coefficient (Wildman–Crippen LogP) is 1.54. The zero-order valence-electron chi connectivity index (χ0n) is 10.2. The Morgan fingerprint density at radius 1 is 1.17 bits per heavy atom. The molecule has 4 heteroatoms. The Morgan fingerprint density at radius 3 is 3.06 bits per heavy atom. The SMILES string of the molecule is c1cc(-c2ccc3c4c2CCN4CCNC3)[nH]n1. The summed E-state index contributed by atoms with van der Waals surface area (Å²) in [6.07, 6.45) is 2.97. The van der Waals surface area contributed by atoms with Gasteiger partial charge in [0.15, 0.2) is 0 Å². The second kappa shape index (κ2) is 3.85. The molecule has 2 aromatic rings. The Kier molecular flexibility index (Phi) is 2.17. The maximum absolute atomic E-state index is 4.07. The molecule has 2 aliphatic rings. The van der Waals surface area contributed by atoms with Gasteiger partial charge in [-0.2, -0.15) is 5.10 Å². The Balaban J connectivity index is 1.92. The lowest BCUT2D eigenvalue weighted by atomic mass is 9.98. The molecule has 0 fully saturated rings. The largest absolute Gasteiger partial charge is 0.369 e. The fourth-order valence-electron chi connectivity index (χ4n) is 3.15. The van der Waals surface area contributed by atoms with Gasteiger partial charge in [-0.05, 0) is 23.6 Å². The number of aromatic amines is 1. The fraction of sp³-hybridized carbons (Fsp3) is 0.357. The number of H-pyrrole nitrogens is 1. The topological polar surface area (TPSA) is 44.0 Å². The standard InChI is InChI=1S/C14H16N4/c1-2-11(13-3-5-16-17-13)12-4-7-18-8-6-15-9-10(1)14(12)18/h1-3,5,15H,4,6-9H2,(H,16,17). The van der Waals surface area contributed by atoms with Crippen LogP contribution in [0.25, 0.3) is 11.3 Å². The van der Waals surface area contributed by atoms with Crippen molar-refractivity contribution in [2.75, 3.05) is 24.5 Å². The highest BCUT2D eigenvalue weighted by Gasteiger charge is 2.26. The number of rotatable bonds is 1. The molecule has 2 N–H and O–H groups in total. The van der Waals surface area contributed by atoms with Crippen molar-refractivity contribution in [2.24, 2.45) is 0 Å². The summed E-state index contributed by atoms with van der Waals surface area (Å²) in [5.41, 5.74) is 6.83. The van der Waals surface area contributed by atoms with Gasteiger partial charge in [-0.3, -0.25) is 5.10 Å². The molecule has 0 aliphatic carbocycles. The first-order valence-electron chi connectivity index (χ1n) is 6.53. The highest BCUT2D eigenvalue weighted by Crippen LogP contribution is 2.38. The van der Waals surface area contributed by atoms with Crippen LogP contribution >= 0.6 is 0 Å². The highest BCUT2D eigenvalue weighted by molar-refractivity contribution is 5.77. The van der Waals surface area contributed by atoms with Crippen molar-refractivity contribution in [3.05, 3.63) is 35.5 Å². The van der Waals surface area contributed by atoms with Gasteiger partial charge in [0.25, 0.3) is 0 Å². The van der Waals surface area contributed by atoms with Crippen LogP contribution in [0.5, 0.6) is 0 Å². The number of nitrogens with zero attached hydrogens (tertiary/aromatic N) is 2. The average molecular weight is 240 g/mol. The zero-order valence-corrected chi connectivity index (χ0v) is 10.2. The minimum Gasteiger partial charge on any atom is -0.369 e. The molecule has 3 heterocycles. The molecule has 0 unspecified atom stereocenters. The third-order valence-electron chi connectivity index (χ3n) is 3.98. The molecular weight excluding hydrogens is 224 g/mol. The molecule has 1 aromatic heterocycles. The highest BCUT2D eigenvalue weighted by atomic mass is 15.2. The van der Waals surface area contributed by atoms with Gasteiger partial charge in [0.2, 0.25) is 0 Å². The summed E-state index contributed by atoms with van der Waals surface area (Å²) in [5.74, 6) is 0. The minimum atomic E-state index is 0.988. The number of anilines is 1. The quantitative estimate of drug-likeness (QED) is 0.794. The molecule has 0 saturated carbocycles. The van der Waals surface area contributed by atoms with Gasteiger partial charge in [-0.15, -0.1) is 0 Å². The normalized spacial score (nSPS) is 17.7. The van der Waals surface area contributed by atoms with E-state index < -0.39 is 0 Å². The smallest absolute Gasteiger partial charge is 0.0653 e. The maximum atomic E-state index is 4.07. The van der Waals surface area contributed by atoms with Gasteiger partial charge in [0.1, 0.15) is 0 Å². The lowest BCUT2D eigenvalue weighted by molar-refractivity contribution is 0.692. The molecule has 1 aromatic carbocycles. The molecule has 4 nitrogen and oxygen atoms in total. The van der Waals surface area contributed by atoms with Crippen molar-refractivity contribution < 1.29 is 0 Å². The van der Waals surface area contributed by atoms with Gasteiger partial charge in [-0.1, -0.05) is 12.1 Å². The second-order valence-corrected chi connectivity index (χ2v) is 4.98. The molecule has 18 heavy (non-hydrogen) atoms. The van der Waals surface area contributed by atoms with Crippen LogP contribution in [-0.4, -0.2) is 29.8 Å². The molecule has 0 radical (unpaired) electrons. The second-order valence-electron chi connectivity index (χ2n) is 4.98. The third-order valence-corrected chi connectivity index (χ3v) is 3.98. The van der Waals surface area contributed by atoms with Crippen molar-refractivity contribution in [1.82, 2.24) is 15.5 Å². The van der Waals surface area contributed by atoms with Crippen LogP contribution in [0.4, 0.5) is 5.69 Å². The van der Waals surface area contributed by atoms with Crippen LogP contribution in [0.1, 0.15) is 11.1 Å². The van der Waals surface area contributed by atoms with Crippen LogP contribution in [0.15, 0.2) is 24.4 Å². The number of benzene rings is 1. The van der Waals surface area contributed by atoms with Crippen LogP contribution < -0.4 is 10.2 Å². The van der Waals surface area contributed by atoms with Crippen LogP contribution in [0.3, 0.4) is 0 Å². The van der Waals surface area contributed by atoms with E-state index in [1.165, 1.54) is 22.4 Å². The maximum Gasteiger partial charge on any atom is 0.0653 e. The minimum absolute atomic E-state index is 0.988. The summed E-state index contributed by atoms with van der Waals surface area (Å²) in [5, 5.41) is 10.6. The Labute approximate surface area is 106 Å². The first-order chi connectivity index (χ1) is 8.93. The van der Waals surface area contributed by atoms with Crippen LogP contribution in [0, 0.1) is 0 Å². The summed E-state index contributed by atoms with van der Waals surface area (Å²) in [7, 11) is 0. The summed E-state index contributed by atoms with van der Waals surface area (Å²) in [6, 6.07) is 6.54. The van der Waals surface area contributed by atoms with E-state index in [1.54, 1.807) is 0 Å². The summed E-state index contributed by atoms with van der Waals surface area (Å²) in [6.45, 7) is 4.33. The number of aromatic nitrogens is 2. The average Bonchev–Trinajstić information content (AvgIpc) is 3.00. The first-order valence-corrected chi connectivity index (χ1v) is 6.53. The molecule has 2 aliphatic heterocycles. The van der Waals surface area contributed by atoms with E-state index in [0.29, 0.717) is 0 Å². The van der Waals surface area contributed by atoms with E-state index in [9.17, 15) is 0 Å². The Hall–Kier alpha value is -1.81. The van der Waals surface area contributed by atoms with E-state index in [-0.39, 0.29) is 0 Å². The fourth-order valence-corrected chi connectivity index (χ4v) is 3.15. The van der Waals surface area contributed by atoms with Crippen LogP contribution in [-0.2, 0) is 13.0 Å². The third kappa shape index (κ3) is 1.39. The molecule has 0 atom stereocenters. The lowest BCUT2D eigenvalue weighted by Gasteiger charge is -2.19. The van der Waals surface area contributed by atoms with Crippen molar-refractivity contribution in [3.8, 4) is 11.3 Å². The first kappa shape index (κ1) is 10.1. The summed E-state index contributed by atoms with van der Waals surface area (Å²) in [4.78, 5) is 2.52. The van der Waals surface area contributed by atoms with E-state index in [2.05, 4.69) is 38.6 Å². The molecule has 4 rings (SSSR count). The predicted molar refractivity (Wildman–Crippen MR) is 71.6 cm³/mol. The van der Waals surface area contributed by atoms with E-state index in [1.807, 2.05) is 6.20 Å². The Morgan fingerprint density at radius 2 is 2.17 bits per heavy atom. The van der Waals surface area contributed by atoms with Gasteiger partial charge >= 0.3 is 0 Å². The molecule has 92 valence electrons. The number of nitrogens with one attached hydrogen (secondary N) is 2. The van der Waals surface area contributed by atoms with Crippen molar-refractivity contribution in [1.29, 1.82) is 0 Å².